The Balaban J connectivity index is 0.869. The number of aromatic nitrogens is 4. The quantitative estimate of drug-likeness (QED) is 0.137. The van der Waals surface area contributed by atoms with E-state index in [0.29, 0.717) is 0 Å². The first-order valence-corrected chi connectivity index (χ1v) is 24.0. The summed E-state index contributed by atoms with van der Waals surface area (Å²) in [4.78, 5) is 14.9. The number of anilines is 6. The molecule has 0 saturated heterocycles. The summed E-state index contributed by atoms with van der Waals surface area (Å²) in [5, 5.41) is 2.49. The van der Waals surface area contributed by atoms with E-state index in [1.807, 2.05) is 35.6 Å². The van der Waals surface area contributed by atoms with Crippen molar-refractivity contribution in [2.75, 3.05) is 9.80 Å². The number of rotatable bonds is 10. The highest BCUT2D eigenvalue weighted by molar-refractivity contribution is 7.25. The maximum Gasteiger partial charge on any atom is 0.137 e. The van der Waals surface area contributed by atoms with Gasteiger partial charge in [-0.15, -0.1) is 11.3 Å². The van der Waals surface area contributed by atoms with E-state index in [4.69, 9.17) is 9.97 Å². The highest BCUT2D eigenvalue weighted by Crippen LogP contribution is 2.45. The predicted octanol–water partition coefficient (Wildman–Crippen LogP) is 17.0. The third kappa shape index (κ3) is 7.20. The topological polar surface area (TPSA) is 41.1 Å². The number of imidazole rings is 2. The van der Waals surface area contributed by atoms with Crippen LogP contribution in [0.5, 0.6) is 0 Å². The molecule has 0 amide bonds. The standard InChI is InChI=1S/C62H42N6S/c1-5-17-43(18-6-1)59-61(65-39-15-13-25-57(65)63-59)45-27-31-49(32-28-45)67(47-21-9-3-10-22-47)51-35-37-53-54-38-36-52(42-56(54)69-55(53)41-51)68(48-23-11-4-12-24-48)50-33-29-46(30-34-50)62-60(44-19-7-2-8-20-44)64-58-26-14-16-40-66(58)62/h1-42H. The van der Waals surface area contributed by atoms with E-state index in [9.17, 15) is 0 Å². The Morgan fingerprint density at radius 3 is 1.06 bits per heavy atom. The highest BCUT2D eigenvalue weighted by Gasteiger charge is 2.21. The minimum Gasteiger partial charge on any atom is -0.310 e. The zero-order chi connectivity index (χ0) is 45.7. The van der Waals surface area contributed by atoms with Crippen molar-refractivity contribution in [1.29, 1.82) is 0 Å². The van der Waals surface area contributed by atoms with Gasteiger partial charge in [-0.2, -0.15) is 0 Å². The lowest BCUT2D eigenvalue weighted by Crippen LogP contribution is -2.09. The van der Waals surface area contributed by atoms with Crippen molar-refractivity contribution in [2.45, 2.75) is 0 Å². The van der Waals surface area contributed by atoms with E-state index in [1.165, 1.54) is 20.2 Å². The van der Waals surface area contributed by atoms with Crippen LogP contribution in [-0.2, 0) is 0 Å². The molecule has 5 heterocycles. The van der Waals surface area contributed by atoms with Gasteiger partial charge in [0.25, 0.3) is 0 Å². The number of benzene rings is 8. The molecule has 0 aliphatic carbocycles. The van der Waals surface area contributed by atoms with Crippen molar-refractivity contribution >= 4 is 76.9 Å². The number of thiophene rings is 1. The lowest BCUT2D eigenvalue weighted by Gasteiger charge is -2.26. The summed E-state index contributed by atoms with van der Waals surface area (Å²) in [5.41, 5.74) is 16.8. The molecule has 0 N–H and O–H groups in total. The summed E-state index contributed by atoms with van der Waals surface area (Å²) in [6, 6.07) is 86.1. The Morgan fingerprint density at radius 1 is 0.304 bits per heavy atom. The maximum atomic E-state index is 5.08. The Bertz CT molecular complexity index is 3680. The summed E-state index contributed by atoms with van der Waals surface area (Å²) < 4.78 is 6.84. The van der Waals surface area contributed by atoms with Gasteiger partial charge in [0.1, 0.15) is 11.3 Å². The molecule has 0 bridgehead atoms. The fraction of sp³-hybridized carbons (Fsp3) is 0. The maximum absolute atomic E-state index is 5.08. The van der Waals surface area contributed by atoms with Crippen LogP contribution in [0, 0.1) is 0 Å². The minimum absolute atomic E-state index is 0.921. The van der Waals surface area contributed by atoms with Crippen LogP contribution >= 0.6 is 11.3 Å². The molecule has 0 aliphatic heterocycles. The van der Waals surface area contributed by atoms with E-state index >= 15 is 0 Å². The zero-order valence-electron chi connectivity index (χ0n) is 37.3. The van der Waals surface area contributed by atoms with Gasteiger partial charge < -0.3 is 9.80 Å². The molecule has 69 heavy (non-hydrogen) atoms. The fourth-order valence-corrected chi connectivity index (χ4v) is 10.9. The fourth-order valence-electron chi connectivity index (χ4n) is 9.76. The first-order valence-electron chi connectivity index (χ1n) is 23.1. The van der Waals surface area contributed by atoms with E-state index in [-0.39, 0.29) is 0 Å². The Labute approximate surface area is 403 Å². The van der Waals surface area contributed by atoms with Crippen molar-refractivity contribution in [2.24, 2.45) is 0 Å². The number of fused-ring (bicyclic) bond motifs is 5. The van der Waals surface area contributed by atoms with E-state index in [2.05, 4.69) is 249 Å². The smallest absolute Gasteiger partial charge is 0.137 e. The van der Waals surface area contributed by atoms with Gasteiger partial charge >= 0.3 is 0 Å². The molecule has 0 spiro atoms. The third-order valence-corrected chi connectivity index (χ3v) is 14.1. The molecule has 8 aromatic carbocycles. The van der Waals surface area contributed by atoms with E-state index in [0.717, 1.165) is 90.4 Å². The minimum atomic E-state index is 0.921. The number of para-hydroxylation sites is 2. The number of pyridine rings is 2. The molecule has 13 aromatic rings. The molecule has 0 saturated carbocycles. The van der Waals surface area contributed by atoms with Gasteiger partial charge in [0, 0.05) is 88.9 Å². The van der Waals surface area contributed by atoms with Gasteiger partial charge in [0.2, 0.25) is 0 Å². The lowest BCUT2D eigenvalue weighted by molar-refractivity contribution is 1.19. The third-order valence-electron chi connectivity index (χ3n) is 12.9. The van der Waals surface area contributed by atoms with Crippen LogP contribution < -0.4 is 9.80 Å². The SMILES string of the molecule is c1ccc(-c2nc3ccccn3c2-c2ccc(N(c3ccccc3)c3ccc4c(c3)sc3cc(N(c5ccccc5)c5ccc(-c6c(-c7ccccc7)nc7ccccn67)cc5)ccc34)cc2)cc1. The Hall–Kier alpha value is -9.04. The van der Waals surface area contributed by atoms with Crippen LogP contribution in [0.3, 0.4) is 0 Å². The van der Waals surface area contributed by atoms with E-state index < -0.39 is 0 Å². The first-order chi connectivity index (χ1) is 34.2. The molecule has 326 valence electrons. The zero-order valence-corrected chi connectivity index (χ0v) is 38.2. The van der Waals surface area contributed by atoms with Crippen molar-refractivity contribution in [3.8, 4) is 45.0 Å². The Morgan fingerprint density at radius 2 is 0.652 bits per heavy atom. The second-order valence-corrected chi connectivity index (χ2v) is 18.2. The van der Waals surface area contributed by atoms with Crippen LogP contribution in [0.2, 0.25) is 0 Å². The normalized spacial score (nSPS) is 11.5. The van der Waals surface area contributed by atoms with Crippen LogP contribution in [0.4, 0.5) is 34.1 Å². The van der Waals surface area contributed by atoms with Gasteiger partial charge in [-0.05, 0) is 97.1 Å². The average molecular weight is 903 g/mol. The summed E-state index contributed by atoms with van der Waals surface area (Å²) >= 11 is 1.84. The second-order valence-electron chi connectivity index (χ2n) is 17.1. The lowest BCUT2D eigenvalue weighted by atomic mass is 10.0. The molecule has 0 aliphatic rings. The number of hydrogen-bond donors (Lipinski definition) is 0. The van der Waals surface area contributed by atoms with E-state index in [1.54, 1.807) is 0 Å². The molecule has 0 fully saturated rings. The van der Waals surface area contributed by atoms with Gasteiger partial charge in [-0.1, -0.05) is 146 Å². The monoisotopic (exact) mass is 902 g/mol. The molecule has 5 aromatic heterocycles. The highest BCUT2D eigenvalue weighted by atomic mass is 32.1. The van der Waals surface area contributed by atoms with Crippen LogP contribution in [-0.4, -0.2) is 18.8 Å². The van der Waals surface area contributed by atoms with Crippen molar-refractivity contribution < 1.29 is 0 Å². The molecule has 0 atom stereocenters. The number of nitrogens with zero attached hydrogens (tertiary/aromatic N) is 6. The van der Waals surface area contributed by atoms with Gasteiger partial charge in [-0.25, -0.2) is 9.97 Å². The van der Waals surface area contributed by atoms with Crippen LogP contribution in [0.1, 0.15) is 0 Å². The molecular formula is C62H42N6S. The Kier molecular flexibility index (Phi) is 9.91. The molecule has 6 nitrogen and oxygen atoms in total. The number of hydrogen-bond acceptors (Lipinski definition) is 5. The first kappa shape index (κ1) is 40.3. The van der Waals surface area contributed by atoms with Crippen molar-refractivity contribution in [3.05, 3.63) is 255 Å². The molecule has 7 heteroatoms. The summed E-state index contributed by atoms with van der Waals surface area (Å²) in [7, 11) is 0. The largest absolute Gasteiger partial charge is 0.310 e. The van der Waals surface area contributed by atoms with Gasteiger partial charge in [-0.3, -0.25) is 8.80 Å². The summed E-state index contributed by atoms with van der Waals surface area (Å²) in [6.07, 6.45) is 4.19. The molecule has 0 unspecified atom stereocenters. The molecule has 0 radical (unpaired) electrons. The van der Waals surface area contributed by atoms with Gasteiger partial charge in [0.15, 0.2) is 0 Å². The summed E-state index contributed by atoms with van der Waals surface area (Å²) in [5.74, 6) is 0. The average Bonchev–Trinajstić information content (AvgIpc) is 4.12. The molecule has 13 rings (SSSR count). The predicted molar refractivity (Wildman–Crippen MR) is 288 cm³/mol. The van der Waals surface area contributed by atoms with Crippen LogP contribution in [0.15, 0.2) is 255 Å². The van der Waals surface area contributed by atoms with Crippen molar-refractivity contribution in [3.63, 3.8) is 0 Å². The van der Waals surface area contributed by atoms with Gasteiger partial charge in [0.05, 0.1) is 22.8 Å². The van der Waals surface area contributed by atoms with Crippen LogP contribution in [0.25, 0.3) is 76.5 Å². The summed E-state index contributed by atoms with van der Waals surface area (Å²) in [6.45, 7) is 0. The molecular weight excluding hydrogens is 861 g/mol. The van der Waals surface area contributed by atoms with Crippen molar-refractivity contribution in [1.82, 2.24) is 18.8 Å². The second kappa shape index (κ2) is 17.0.